The number of hydrogen-bond acceptors (Lipinski definition) is 8. The number of nitrogens with zero attached hydrogens (tertiary/aromatic N) is 3. The van der Waals surface area contributed by atoms with Crippen molar-refractivity contribution >= 4 is 46.7 Å². The van der Waals surface area contributed by atoms with Crippen molar-refractivity contribution in [1.29, 1.82) is 0 Å². The van der Waals surface area contributed by atoms with Gasteiger partial charge in [-0.3, -0.25) is 19.6 Å². The van der Waals surface area contributed by atoms with Crippen LogP contribution in [0.25, 0.3) is 0 Å². The normalized spacial score (nSPS) is 17.1. The number of anilines is 3. The van der Waals surface area contributed by atoms with E-state index in [1.165, 1.54) is 56.2 Å². The summed E-state index contributed by atoms with van der Waals surface area (Å²) in [5.41, 5.74) is 4.29. The third-order valence-electron chi connectivity index (χ3n) is 6.08. The second-order valence-electron chi connectivity index (χ2n) is 8.90. The molecule has 1 saturated heterocycles. The number of amides is 2. The molecular formula is C26H24ClF3N6O4. The Kier molecular flexibility index (Phi) is 8.55. The molecule has 0 saturated carbocycles. The molecular weight excluding hydrogens is 553 g/mol. The quantitative estimate of drug-likeness (QED) is 0.335. The summed E-state index contributed by atoms with van der Waals surface area (Å²) in [6.07, 6.45) is 0.928. The minimum absolute atomic E-state index is 0.0121. The summed E-state index contributed by atoms with van der Waals surface area (Å²) in [6, 6.07) is 6.33. The monoisotopic (exact) mass is 576 g/mol. The van der Waals surface area contributed by atoms with Crippen LogP contribution in [-0.2, 0) is 22.3 Å². The van der Waals surface area contributed by atoms with Crippen LogP contribution in [0.4, 0.5) is 30.2 Å². The van der Waals surface area contributed by atoms with Crippen LogP contribution in [-0.4, -0.2) is 48.3 Å². The van der Waals surface area contributed by atoms with Gasteiger partial charge < -0.3 is 25.8 Å². The van der Waals surface area contributed by atoms with Crippen LogP contribution in [0.5, 0.6) is 5.75 Å². The summed E-state index contributed by atoms with van der Waals surface area (Å²) in [4.78, 5) is 37.5. The van der Waals surface area contributed by atoms with Crippen LogP contribution in [0.3, 0.4) is 0 Å². The summed E-state index contributed by atoms with van der Waals surface area (Å²) in [5, 5.41) is 5.51. The second-order valence-corrected chi connectivity index (χ2v) is 9.31. The molecule has 2 amide bonds. The number of aliphatic imine (C=N–C) groups is 1. The maximum absolute atomic E-state index is 13.5. The maximum atomic E-state index is 13.5. The van der Waals surface area contributed by atoms with E-state index >= 15 is 0 Å². The minimum atomic E-state index is -4.63. The molecule has 2 aromatic heterocycles. The lowest BCUT2D eigenvalue weighted by atomic mass is 9.87. The Bertz CT molecular complexity index is 1440. The van der Waals surface area contributed by atoms with Gasteiger partial charge in [0.2, 0.25) is 5.91 Å². The number of alkyl halides is 3. The van der Waals surface area contributed by atoms with Crippen LogP contribution < -0.4 is 21.1 Å². The minimum Gasteiger partial charge on any atom is -0.497 e. The van der Waals surface area contributed by atoms with Gasteiger partial charge in [-0.05, 0) is 36.8 Å². The highest BCUT2D eigenvalue weighted by atomic mass is 35.5. The number of pyridine rings is 2. The number of carbonyl (C=O) groups is 2. The third kappa shape index (κ3) is 6.66. The van der Waals surface area contributed by atoms with Crippen LogP contribution in [0.15, 0.2) is 53.9 Å². The smallest absolute Gasteiger partial charge is 0.418 e. The predicted octanol–water partition coefficient (Wildman–Crippen LogP) is 4.42. The Hall–Kier alpha value is -4.23. The Balaban J connectivity index is 1.44. The highest BCUT2D eigenvalue weighted by Crippen LogP contribution is 2.38. The van der Waals surface area contributed by atoms with Gasteiger partial charge >= 0.3 is 6.18 Å². The Morgan fingerprint density at radius 1 is 1.25 bits per heavy atom. The Morgan fingerprint density at radius 2 is 2.05 bits per heavy atom. The van der Waals surface area contributed by atoms with E-state index in [9.17, 15) is 22.8 Å². The molecule has 4 N–H and O–H groups in total. The number of ether oxygens (including phenoxy) is 2. The lowest BCUT2D eigenvalue weighted by Crippen LogP contribution is -2.42. The lowest BCUT2D eigenvalue weighted by Gasteiger charge is -2.21. The average Bonchev–Trinajstić information content (AvgIpc) is 3.41. The molecule has 0 spiro atoms. The van der Waals surface area contributed by atoms with Crippen molar-refractivity contribution in [3.63, 3.8) is 0 Å². The van der Waals surface area contributed by atoms with Crippen molar-refractivity contribution in [3.05, 3.63) is 70.8 Å². The summed E-state index contributed by atoms with van der Waals surface area (Å²) in [6.45, 7) is 0.216. The van der Waals surface area contributed by atoms with Crippen molar-refractivity contribution in [1.82, 2.24) is 15.3 Å². The number of nitrogen functional groups attached to an aromatic ring is 1. The molecule has 0 unspecified atom stereocenters. The number of nitrogens with two attached hydrogens (primary N) is 1. The fourth-order valence-corrected chi connectivity index (χ4v) is 4.14. The van der Waals surface area contributed by atoms with E-state index in [1.54, 1.807) is 0 Å². The largest absolute Gasteiger partial charge is 0.497 e. The van der Waals surface area contributed by atoms with Crippen LogP contribution in [0.1, 0.15) is 28.0 Å². The van der Waals surface area contributed by atoms with Crippen molar-refractivity contribution in [2.24, 2.45) is 10.4 Å². The van der Waals surface area contributed by atoms with Gasteiger partial charge in [-0.2, -0.15) is 13.2 Å². The maximum Gasteiger partial charge on any atom is 0.418 e. The number of benzene rings is 1. The highest BCUT2D eigenvalue weighted by Gasteiger charge is 2.41. The first-order valence-electron chi connectivity index (χ1n) is 11.8. The first kappa shape index (κ1) is 28.8. The van der Waals surface area contributed by atoms with E-state index in [-0.39, 0.29) is 59.6 Å². The van der Waals surface area contributed by atoms with Gasteiger partial charge in [0, 0.05) is 25.2 Å². The molecule has 4 rings (SSSR count). The van der Waals surface area contributed by atoms with Gasteiger partial charge in [0.1, 0.15) is 11.2 Å². The van der Waals surface area contributed by atoms with E-state index < -0.39 is 29.0 Å². The molecule has 3 heterocycles. The number of hydrogen-bond donors (Lipinski definition) is 3. The molecule has 1 atom stereocenters. The molecule has 14 heteroatoms. The SMILES string of the molecule is COc1ccc(Nc2cnc(CNC(=O)[C@]3(C=NC(=O)c4cncc(N)c4)CCOC3)c(Cl)c2)c(C(F)(F)F)c1. The van der Waals surface area contributed by atoms with E-state index in [0.29, 0.717) is 5.69 Å². The van der Waals surface area contributed by atoms with E-state index in [2.05, 4.69) is 25.6 Å². The van der Waals surface area contributed by atoms with Crippen LogP contribution >= 0.6 is 11.6 Å². The van der Waals surface area contributed by atoms with E-state index in [1.807, 2.05) is 0 Å². The second kappa shape index (κ2) is 11.9. The zero-order valence-electron chi connectivity index (χ0n) is 21.1. The number of aromatic nitrogens is 2. The topological polar surface area (TPSA) is 141 Å². The van der Waals surface area contributed by atoms with Gasteiger partial charge in [0.15, 0.2) is 0 Å². The van der Waals surface area contributed by atoms with Crippen LogP contribution in [0.2, 0.25) is 5.02 Å². The molecule has 0 aliphatic carbocycles. The molecule has 40 heavy (non-hydrogen) atoms. The van der Waals surface area contributed by atoms with Gasteiger partial charge in [-0.25, -0.2) is 4.99 Å². The van der Waals surface area contributed by atoms with Crippen molar-refractivity contribution in [2.45, 2.75) is 19.1 Å². The van der Waals surface area contributed by atoms with Crippen molar-refractivity contribution in [2.75, 3.05) is 31.4 Å². The van der Waals surface area contributed by atoms with E-state index in [4.69, 9.17) is 26.8 Å². The molecule has 210 valence electrons. The molecule has 0 bridgehead atoms. The van der Waals surface area contributed by atoms with Crippen molar-refractivity contribution < 1.29 is 32.2 Å². The van der Waals surface area contributed by atoms with E-state index in [0.717, 1.165) is 6.07 Å². The summed E-state index contributed by atoms with van der Waals surface area (Å²) in [7, 11) is 1.27. The standard InChI is InChI=1S/C26H24ClF3N6O4/c1-39-18-2-3-21(19(8-18)26(28,29)30)36-17-7-20(27)22(33-11-17)12-34-24(38)25(4-5-40-14-25)13-35-23(37)15-6-16(31)10-32-9-15/h2-3,6-11,13,36H,4-5,12,14,31H2,1H3,(H,34,38)/t25-/m0/s1. The zero-order chi connectivity index (χ0) is 28.9. The fraction of sp³-hybridized carbons (Fsp3) is 0.269. The third-order valence-corrected chi connectivity index (χ3v) is 6.41. The Labute approximate surface area is 231 Å². The number of halogens is 4. The number of nitrogens with one attached hydrogen (secondary N) is 2. The fourth-order valence-electron chi connectivity index (χ4n) is 3.91. The summed E-state index contributed by atoms with van der Waals surface area (Å²) >= 11 is 6.33. The van der Waals surface area contributed by atoms with Crippen molar-refractivity contribution in [3.8, 4) is 5.75 Å². The highest BCUT2D eigenvalue weighted by molar-refractivity contribution is 6.31. The van der Waals surface area contributed by atoms with Gasteiger partial charge in [0.25, 0.3) is 5.91 Å². The zero-order valence-corrected chi connectivity index (χ0v) is 21.8. The molecule has 10 nitrogen and oxygen atoms in total. The number of rotatable bonds is 8. The molecule has 1 fully saturated rings. The lowest BCUT2D eigenvalue weighted by molar-refractivity contribution is -0.137. The number of carbonyl (C=O) groups excluding carboxylic acids is 2. The predicted molar refractivity (Wildman–Crippen MR) is 142 cm³/mol. The molecule has 0 radical (unpaired) electrons. The number of methoxy groups -OCH3 is 1. The van der Waals surface area contributed by atoms with Crippen LogP contribution in [0, 0.1) is 5.41 Å². The average molecular weight is 577 g/mol. The Morgan fingerprint density at radius 3 is 2.70 bits per heavy atom. The summed E-state index contributed by atoms with van der Waals surface area (Å²) < 4.78 is 50.9. The summed E-state index contributed by atoms with van der Waals surface area (Å²) in [5.74, 6) is -1.01. The van der Waals surface area contributed by atoms with Gasteiger partial charge in [-0.15, -0.1) is 0 Å². The van der Waals surface area contributed by atoms with Gasteiger partial charge in [0.05, 0.1) is 65.4 Å². The molecule has 1 aromatic carbocycles. The first-order valence-corrected chi connectivity index (χ1v) is 12.2. The van der Waals surface area contributed by atoms with Gasteiger partial charge in [-0.1, -0.05) is 11.6 Å². The first-order chi connectivity index (χ1) is 19.0. The molecule has 3 aromatic rings. The molecule has 1 aliphatic rings. The molecule has 1 aliphatic heterocycles.